The Bertz CT molecular complexity index is 729. The van der Waals surface area contributed by atoms with E-state index < -0.39 is 0 Å². The van der Waals surface area contributed by atoms with Crippen molar-refractivity contribution in [2.24, 2.45) is 0 Å². The van der Waals surface area contributed by atoms with Crippen LogP contribution in [0, 0.1) is 0 Å². The van der Waals surface area contributed by atoms with Crippen molar-refractivity contribution < 1.29 is 14.6 Å². The molecule has 150 valence electrons. The first-order valence-electron chi connectivity index (χ1n) is 9.66. The average molecular weight is 385 g/mol. The van der Waals surface area contributed by atoms with Crippen LogP contribution in [0.25, 0.3) is 0 Å². The van der Waals surface area contributed by atoms with Crippen LogP contribution < -0.4 is 15.1 Å². The van der Waals surface area contributed by atoms with E-state index in [-0.39, 0.29) is 6.47 Å². The highest BCUT2D eigenvalue weighted by Gasteiger charge is 2.13. The van der Waals surface area contributed by atoms with Crippen LogP contribution in [0.1, 0.15) is 19.3 Å². The number of carboxylic acid groups (broad SMARTS) is 1. The van der Waals surface area contributed by atoms with Gasteiger partial charge in [0.15, 0.2) is 0 Å². The van der Waals surface area contributed by atoms with Crippen LogP contribution in [0.4, 0.5) is 23.1 Å². The van der Waals surface area contributed by atoms with Gasteiger partial charge in [-0.3, -0.25) is 4.79 Å². The SMILES string of the molecule is O=CO.c1cc(N2CCCCC2)nc(Nc2ccc(N3CCOCC3)cc2)n1. The molecule has 0 saturated carbocycles. The van der Waals surface area contributed by atoms with Crippen molar-refractivity contribution in [3.05, 3.63) is 36.5 Å². The number of hydrogen-bond acceptors (Lipinski definition) is 7. The molecule has 2 aromatic rings. The van der Waals surface area contributed by atoms with Crippen LogP contribution >= 0.6 is 0 Å². The molecule has 2 saturated heterocycles. The average Bonchev–Trinajstić information content (AvgIpc) is 2.76. The molecule has 0 aliphatic carbocycles. The minimum atomic E-state index is -0.250. The number of nitrogens with zero attached hydrogens (tertiary/aromatic N) is 4. The summed E-state index contributed by atoms with van der Waals surface area (Å²) in [5, 5.41) is 10.2. The Kier molecular flexibility index (Phi) is 7.43. The molecule has 1 aromatic carbocycles. The fraction of sp³-hybridized carbons (Fsp3) is 0.450. The van der Waals surface area contributed by atoms with Crippen LogP contribution in [0.5, 0.6) is 0 Å². The van der Waals surface area contributed by atoms with E-state index in [1.54, 1.807) is 0 Å². The molecule has 0 amide bonds. The third-order valence-corrected chi connectivity index (χ3v) is 4.82. The topological polar surface area (TPSA) is 90.8 Å². The zero-order chi connectivity index (χ0) is 19.6. The van der Waals surface area contributed by atoms with Gasteiger partial charge in [0.05, 0.1) is 13.2 Å². The lowest BCUT2D eigenvalue weighted by molar-refractivity contribution is -0.122. The number of morpholine rings is 1. The standard InChI is InChI=1S/C19H25N5O.CH2O2/c1-2-10-24(11-3-1)18-8-9-20-19(22-18)21-16-4-6-17(7-5-16)23-12-14-25-15-13-23;2-1-3/h4-9H,1-3,10-15H2,(H,20,21,22);1H,(H,2,3). The summed E-state index contributed by atoms with van der Waals surface area (Å²) in [7, 11) is 0. The van der Waals surface area contributed by atoms with Crippen LogP contribution in [0.15, 0.2) is 36.5 Å². The summed E-state index contributed by atoms with van der Waals surface area (Å²) in [6.45, 7) is 5.44. The van der Waals surface area contributed by atoms with Crippen LogP contribution in [-0.2, 0) is 9.53 Å². The fourth-order valence-electron chi connectivity index (χ4n) is 3.41. The van der Waals surface area contributed by atoms with E-state index in [4.69, 9.17) is 14.6 Å². The summed E-state index contributed by atoms with van der Waals surface area (Å²) in [6, 6.07) is 10.5. The van der Waals surface area contributed by atoms with Gasteiger partial charge in [0.1, 0.15) is 5.82 Å². The summed E-state index contributed by atoms with van der Waals surface area (Å²) in [6.07, 6.45) is 5.65. The first-order chi connectivity index (χ1) is 13.8. The molecular weight excluding hydrogens is 358 g/mol. The number of aromatic nitrogens is 2. The number of piperidine rings is 1. The van der Waals surface area contributed by atoms with E-state index in [0.29, 0.717) is 5.95 Å². The minimum Gasteiger partial charge on any atom is -0.483 e. The molecule has 0 bridgehead atoms. The first-order valence-corrected chi connectivity index (χ1v) is 9.66. The normalized spacial score (nSPS) is 16.7. The summed E-state index contributed by atoms with van der Waals surface area (Å²) >= 11 is 0. The van der Waals surface area contributed by atoms with E-state index in [1.807, 2.05) is 12.3 Å². The number of hydrogen-bond donors (Lipinski definition) is 2. The predicted octanol–water partition coefficient (Wildman–Crippen LogP) is 2.75. The number of benzene rings is 1. The van der Waals surface area contributed by atoms with E-state index in [2.05, 4.69) is 49.4 Å². The zero-order valence-electron chi connectivity index (χ0n) is 16.0. The lowest BCUT2D eigenvalue weighted by Gasteiger charge is -2.29. The second-order valence-corrected chi connectivity index (χ2v) is 6.66. The van der Waals surface area contributed by atoms with Crippen molar-refractivity contribution in [3.8, 4) is 0 Å². The molecule has 3 heterocycles. The van der Waals surface area contributed by atoms with Crippen LogP contribution in [0.2, 0.25) is 0 Å². The monoisotopic (exact) mass is 385 g/mol. The van der Waals surface area contributed by atoms with Gasteiger partial charge in [-0.15, -0.1) is 0 Å². The lowest BCUT2D eigenvalue weighted by Crippen LogP contribution is -2.36. The summed E-state index contributed by atoms with van der Waals surface area (Å²) < 4.78 is 5.41. The van der Waals surface area contributed by atoms with Crippen molar-refractivity contribution in [2.75, 3.05) is 54.5 Å². The molecule has 8 nitrogen and oxygen atoms in total. The zero-order valence-corrected chi connectivity index (χ0v) is 16.0. The molecule has 2 fully saturated rings. The number of carbonyl (C=O) groups is 1. The largest absolute Gasteiger partial charge is 0.483 e. The van der Waals surface area contributed by atoms with Gasteiger partial charge in [-0.25, -0.2) is 4.98 Å². The van der Waals surface area contributed by atoms with E-state index in [0.717, 1.165) is 50.9 Å². The Morgan fingerprint density at radius 2 is 1.64 bits per heavy atom. The molecular formula is C20H27N5O3. The molecule has 28 heavy (non-hydrogen) atoms. The molecule has 0 atom stereocenters. The van der Waals surface area contributed by atoms with Crippen molar-refractivity contribution in [3.63, 3.8) is 0 Å². The minimum absolute atomic E-state index is 0.250. The summed E-state index contributed by atoms with van der Waals surface area (Å²) in [5.74, 6) is 1.67. The van der Waals surface area contributed by atoms with Crippen molar-refractivity contribution >= 4 is 29.6 Å². The number of anilines is 4. The lowest BCUT2D eigenvalue weighted by atomic mass is 10.1. The molecule has 0 radical (unpaired) electrons. The summed E-state index contributed by atoms with van der Waals surface area (Å²) in [4.78, 5) is 22.1. The van der Waals surface area contributed by atoms with Gasteiger partial charge in [-0.1, -0.05) is 0 Å². The van der Waals surface area contributed by atoms with Gasteiger partial charge in [0.25, 0.3) is 6.47 Å². The molecule has 4 rings (SSSR count). The maximum Gasteiger partial charge on any atom is 0.290 e. The van der Waals surface area contributed by atoms with Gasteiger partial charge in [0.2, 0.25) is 5.95 Å². The highest BCUT2D eigenvalue weighted by Crippen LogP contribution is 2.22. The third-order valence-electron chi connectivity index (χ3n) is 4.82. The maximum absolute atomic E-state index is 8.36. The Balaban J connectivity index is 0.000000706. The van der Waals surface area contributed by atoms with E-state index in [9.17, 15) is 0 Å². The summed E-state index contributed by atoms with van der Waals surface area (Å²) in [5.41, 5.74) is 2.24. The van der Waals surface area contributed by atoms with Crippen LogP contribution in [-0.4, -0.2) is 60.9 Å². The molecule has 8 heteroatoms. The second kappa shape index (κ2) is 10.5. The Morgan fingerprint density at radius 3 is 2.32 bits per heavy atom. The molecule has 2 aliphatic rings. The fourth-order valence-corrected chi connectivity index (χ4v) is 3.41. The van der Waals surface area contributed by atoms with Gasteiger partial charge in [-0.05, 0) is 49.6 Å². The third kappa shape index (κ3) is 5.56. The van der Waals surface area contributed by atoms with Gasteiger partial charge in [-0.2, -0.15) is 4.98 Å². The van der Waals surface area contributed by atoms with Crippen molar-refractivity contribution in [2.45, 2.75) is 19.3 Å². The van der Waals surface area contributed by atoms with E-state index in [1.165, 1.54) is 24.9 Å². The van der Waals surface area contributed by atoms with Gasteiger partial charge in [0, 0.05) is 43.8 Å². The maximum atomic E-state index is 8.36. The van der Waals surface area contributed by atoms with Gasteiger partial charge < -0.3 is 25.0 Å². The predicted molar refractivity (Wildman–Crippen MR) is 110 cm³/mol. The number of ether oxygens (including phenoxy) is 1. The molecule has 2 N–H and O–H groups in total. The Morgan fingerprint density at radius 1 is 0.964 bits per heavy atom. The van der Waals surface area contributed by atoms with Crippen LogP contribution in [0.3, 0.4) is 0 Å². The number of rotatable bonds is 4. The van der Waals surface area contributed by atoms with Crippen molar-refractivity contribution in [1.82, 2.24) is 9.97 Å². The molecule has 0 unspecified atom stereocenters. The molecule has 1 aromatic heterocycles. The molecule has 0 spiro atoms. The van der Waals surface area contributed by atoms with Gasteiger partial charge >= 0.3 is 0 Å². The van der Waals surface area contributed by atoms with E-state index >= 15 is 0 Å². The highest BCUT2D eigenvalue weighted by molar-refractivity contribution is 5.60. The first kappa shape index (κ1) is 19.9. The quantitative estimate of drug-likeness (QED) is 0.777. The Hall–Kier alpha value is -2.87. The smallest absolute Gasteiger partial charge is 0.290 e. The number of nitrogens with one attached hydrogen (secondary N) is 1. The molecule has 2 aliphatic heterocycles. The van der Waals surface area contributed by atoms with Crippen molar-refractivity contribution in [1.29, 1.82) is 0 Å². The second-order valence-electron chi connectivity index (χ2n) is 6.66. The Labute approximate surface area is 165 Å². The highest BCUT2D eigenvalue weighted by atomic mass is 16.5.